The van der Waals surface area contributed by atoms with Crippen molar-refractivity contribution in [1.29, 1.82) is 5.26 Å². The van der Waals surface area contributed by atoms with Gasteiger partial charge in [0.05, 0.1) is 5.56 Å². The van der Waals surface area contributed by atoms with Gasteiger partial charge < -0.3 is 11.1 Å². The number of nitriles is 1. The minimum Gasteiger partial charge on any atom is -0.398 e. The van der Waals surface area contributed by atoms with Gasteiger partial charge in [0.2, 0.25) is 0 Å². The standard InChI is InChI=1S/C13H10IN3/c14-10-2-1-3-11(7-10)17-12-4-5-13(16)9(6-12)8-15/h1-7,17H,16H2. The van der Waals surface area contributed by atoms with Crippen LogP contribution >= 0.6 is 22.6 Å². The van der Waals surface area contributed by atoms with Crippen LogP contribution in [-0.4, -0.2) is 0 Å². The van der Waals surface area contributed by atoms with Gasteiger partial charge in [0.25, 0.3) is 0 Å². The lowest BCUT2D eigenvalue weighted by atomic mass is 10.1. The highest BCUT2D eigenvalue weighted by Gasteiger charge is 2.00. The van der Waals surface area contributed by atoms with Gasteiger partial charge in [-0.25, -0.2) is 0 Å². The molecule has 3 N–H and O–H groups in total. The average Bonchev–Trinajstić information content (AvgIpc) is 2.32. The molecule has 0 aliphatic carbocycles. The number of nitrogen functional groups attached to an aromatic ring is 1. The minimum absolute atomic E-state index is 0.487. The Balaban J connectivity index is 2.28. The normalized spacial score (nSPS) is 9.65. The Bertz CT molecular complexity index is 587. The SMILES string of the molecule is N#Cc1cc(Nc2cccc(I)c2)ccc1N. The van der Waals surface area contributed by atoms with Crippen molar-refractivity contribution in [3.8, 4) is 6.07 Å². The van der Waals surface area contributed by atoms with Crippen molar-refractivity contribution in [3.05, 3.63) is 51.6 Å². The predicted octanol–water partition coefficient (Wildman–Crippen LogP) is 3.49. The Morgan fingerprint density at radius 1 is 1.12 bits per heavy atom. The summed E-state index contributed by atoms with van der Waals surface area (Å²) in [4.78, 5) is 0. The summed E-state index contributed by atoms with van der Waals surface area (Å²) in [6.45, 7) is 0. The van der Waals surface area contributed by atoms with E-state index in [1.165, 1.54) is 0 Å². The zero-order valence-corrected chi connectivity index (χ0v) is 11.1. The lowest BCUT2D eigenvalue weighted by molar-refractivity contribution is 1.47. The summed E-state index contributed by atoms with van der Waals surface area (Å²) < 4.78 is 1.16. The van der Waals surface area contributed by atoms with Gasteiger partial charge in [-0.05, 0) is 59.0 Å². The zero-order valence-electron chi connectivity index (χ0n) is 8.94. The van der Waals surface area contributed by atoms with Gasteiger partial charge in [-0.2, -0.15) is 5.26 Å². The smallest absolute Gasteiger partial charge is 0.101 e. The van der Waals surface area contributed by atoms with E-state index in [9.17, 15) is 0 Å². The van der Waals surface area contributed by atoms with Crippen molar-refractivity contribution in [3.63, 3.8) is 0 Å². The molecule has 2 aromatic carbocycles. The third-order valence-electron chi connectivity index (χ3n) is 2.29. The van der Waals surface area contributed by atoms with Gasteiger partial charge in [0.15, 0.2) is 0 Å². The van der Waals surface area contributed by atoms with E-state index in [0.717, 1.165) is 14.9 Å². The molecule has 2 aromatic rings. The molecule has 0 spiro atoms. The van der Waals surface area contributed by atoms with Crippen molar-refractivity contribution in [2.45, 2.75) is 0 Å². The van der Waals surface area contributed by atoms with Crippen molar-refractivity contribution in [2.24, 2.45) is 0 Å². The van der Waals surface area contributed by atoms with Crippen molar-refractivity contribution >= 4 is 39.7 Å². The Labute approximate surface area is 113 Å². The number of anilines is 3. The largest absolute Gasteiger partial charge is 0.398 e. The van der Waals surface area contributed by atoms with Gasteiger partial charge in [-0.3, -0.25) is 0 Å². The van der Waals surface area contributed by atoms with Crippen molar-refractivity contribution in [1.82, 2.24) is 0 Å². The fraction of sp³-hybridized carbons (Fsp3) is 0. The van der Waals surface area contributed by atoms with Gasteiger partial charge in [-0.1, -0.05) is 6.07 Å². The van der Waals surface area contributed by atoms with E-state index in [4.69, 9.17) is 11.0 Å². The van der Waals surface area contributed by atoms with Crippen LogP contribution in [0.5, 0.6) is 0 Å². The van der Waals surface area contributed by atoms with E-state index in [2.05, 4.69) is 34.0 Å². The lowest BCUT2D eigenvalue weighted by Gasteiger charge is -2.08. The maximum Gasteiger partial charge on any atom is 0.101 e. The maximum atomic E-state index is 8.89. The van der Waals surface area contributed by atoms with Crippen LogP contribution in [-0.2, 0) is 0 Å². The molecular weight excluding hydrogens is 325 g/mol. The predicted molar refractivity (Wildman–Crippen MR) is 78.0 cm³/mol. The van der Waals surface area contributed by atoms with Crippen LogP contribution in [0.25, 0.3) is 0 Å². The van der Waals surface area contributed by atoms with Crippen LogP contribution in [0.15, 0.2) is 42.5 Å². The highest BCUT2D eigenvalue weighted by Crippen LogP contribution is 2.22. The van der Waals surface area contributed by atoms with E-state index >= 15 is 0 Å². The van der Waals surface area contributed by atoms with Gasteiger partial charge in [0.1, 0.15) is 6.07 Å². The summed E-state index contributed by atoms with van der Waals surface area (Å²) in [6, 6.07) is 15.4. The molecule has 0 saturated carbocycles. The monoisotopic (exact) mass is 335 g/mol. The van der Waals surface area contributed by atoms with Crippen LogP contribution in [0.4, 0.5) is 17.1 Å². The lowest BCUT2D eigenvalue weighted by Crippen LogP contribution is -1.94. The fourth-order valence-electron chi connectivity index (χ4n) is 1.46. The molecule has 0 saturated heterocycles. The summed E-state index contributed by atoms with van der Waals surface area (Å²) >= 11 is 2.26. The molecule has 84 valence electrons. The second kappa shape index (κ2) is 5.06. The number of rotatable bonds is 2. The van der Waals surface area contributed by atoms with Gasteiger partial charge in [0, 0.05) is 20.6 Å². The molecule has 3 nitrogen and oxygen atoms in total. The van der Waals surface area contributed by atoms with E-state index in [1.807, 2.05) is 30.3 Å². The van der Waals surface area contributed by atoms with E-state index < -0.39 is 0 Å². The number of nitrogens with two attached hydrogens (primary N) is 1. The zero-order chi connectivity index (χ0) is 12.3. The summed E-state index contributed by atoms with van der Waals surface area (Å²) in [7, 11) is 0. The highest BCUT2D eigenvalue weighted by molar-refractivity contribution is 14.1. The maximum absolute atomic E-state index is 8.89. The average molecular weight is 335 g/mol. The molecule has 0 aromatic heterocycles. The second-order valence-electron chi connectivity index (χ2n) is 3.55. The van der Waals surface area contributed by atoms with E-state index in [1.54, 1.807) is 12.1 Å². The van der Waals surface area contributed by atoms with Crippen molar-refractivity contribution < 1.29 is 0 Å². The van der Waals surface area contributed by atoms with Crippen LogP contribution < -0.4 is 11.1 Å². The molecule has 2 rings (SSSR count). The summed E-state index contributed by atoms with van der Waals surface area (Å²) in [5, 5.41) is 12.1. The Hall–Kier alpha value is -1.74. The fourth-order valence-corrected chi connectivity index (χ4v) is 2.01. The molecule has 0 aliphatic rings. The molecular formula is C13H10IN3. The number of hydrogen-bond donors (Lipinski definition) is 2. The number of nitrogens with one attached hydrogen (secondary N) is 1. The van der Waals surface area contributed by atoms with Crippen LogP contribution in [0.2, 0.25) is 0 Å². The number of halogens is 1. The first-order chi connectivity index (χ1) is 8.19. The van der Waals surface area contributed by atoms with Gasteiger partial charge in [-0.15, -0.1) is 0 Å². The Morgan fingerprint density at radius 3 is 2.59 bits per heavy atom. The molecule has 0 atom stereocenters. The minimum atomic E-state index is 0.487. The molecule has 4 heteroatoms. The molecule has 0 amide bonds. The number of hydrogen-bond acceptors (Lipinski definition) is 3. The molecule has 17 heavy (non-hydrogen) atoms. The van der Waals surface area contributed by atoms with E-state index in [-0.39, 0.29) is 0 Å². The quantitative estimate of drug-likeness (QED) is 0.652. The summed E-state index contributed by atoms with van der Waals surface area (Å²) in [6.07, 6.45) is 0. The molecule has 0 radical (unpaired) electrons. The highest BCUT2D eigenvalue weighted by atomic mass is 127. The topological polar surface area (TPSA) is 61.8 Å². The van der Waals surface area contributed by atoms with Crippen LogP contribution in [0.1, 0.15) is 5.56 Å². The molecule has 0 bridgehead atoms. The first-order valence-electron chi connectivity index (χ1n) is 5.01. The van der Waals surface area contributed by atoms with Crippen LogP contribution in [0, 0.1) is 14.9 Å². The Kier molecular flexibility index (Phi) is 3.49. The Morgan fingerprint density at radius 2 is 1.88 bits per heavy atom. The molecule has 0 aliphatic heterocycles. The van der Waals surface area contributed by atoms with Gasteiger partial charge >= 0.3 is 0 Å². The molecule has 0 unspecified atom stereocenters. The number of nitrogens with zero attached hydrogens (tertiary/aromatic N) is 1. The molecule has 0 heterocycles. The first kappa shape index (κ1) is 11.7. The summed E-state index contributed by atoms with van der Waals surface area (Å²) in [5.74, 6) is 0. The van der Waals surface area contributed by atoms with E-state index in [0.29, 0.717) is 11.3 Å². The molecule has 0 fully saturated rings. The van der Waals surface area contributed by atoms with Crippen molar-refractivity contribution in [2.75, 3.05) is 11.1 Å². The summed E-state index contributed by atoms with van der Waals surface area (Å²) in [5.41, 5.74) is 8.50. The van der Waals surface area contributed by atoms with Crippen LogP contribution in [0.3, 0.4) is 0 Å². The second-order valence-corrected chi connectivity index (χ2v) is 4.79. The number of benzene rings is 2. The third kappa shape index (κ3) is 2.88. The third-order valence-corrected chi connectivity index (χ3v) is 2.96. The first-order valence-corrected chi connectivity index (χ1v) is 6.09.